The summed E-state index contributed by atoms with van der Waals surface area (Å²) in [5.41, 5.74) is 3.21. The molecule has 2 aromatic heterocycles. The zero-order valence-electron chi connectivity index (χ0n) is 25.2. The third-order valence-electron chi connectivity index (χ3n) is 8.43. The van der Waals surface area contributed by atoms with Crippen LogP contribution < -0.4 is 14.9 Å². The Bertz CT molecular complexity index is 2170. The number of esters is 1. The van der Waals surface area contributed by atoms with Gasteiger partial charge in [-0.2, -0.15) is 0 Å². The molecule has 232 valence electrons. The Balaban J connectivity index is 1.42. The number of likely N-dealkylation sites (tertiary alicyclic amines) is 1. The second-order valence-electron chi connectivity index (χ2n) is 11.3. The maximum atomic E-state index is 14.3. The number of aromatic nitrogens is 2. The van der Waals surface area contributed by atoms with Gasteiger partial charge in [-0.3, -0.25) is 14.2 Å². The number of ether oxygens (including phenoxy) is 1. The maximum absolute atomic E-state index is 14.3. The lowest BCUT2D eigenvalue weighted by Crippen LogP contribution is -2.40. The fraction of sp³-hybridized carbons (Fsp3) is 0.222. The van der Waals surface area contributed by atoms with Gasteiger partial charge in [-0.1, -0.05) is 72.0 Å². The van der Waals surface area contributed by atoms with Crippen molar-refractivity contribution in [2.24, 2.45) is 4.99 Å². The van der Waals surface area contributed by atoms with Gasteiger partial charge in [-0.05, 0) is 49.6 Å². The first-order valence-electron chi connectivity index (χ1n) is 15.3. The number of amides is 1. The predicted molar refractivity (Wildman–Crippen MR) is 175 cm³/mol. The lowest BCUT2D eigenvalue weighted by atomic mass is 9.93. The first-order valence-corrected chi connectivity index (χ1v) is 16.1. The van der Waals surface area contributed by atoms with E-state index in [1.807, 2.05) is 76.3 Å². The molecule has 2 aliphatic heterocycles. The van der Waals surface area contributed by atoms with Crippen molar-refractivity contribution in [2.75, 3.05) is 19.7 Å². The normalized spacial score (nSPS) is 16.5. The van der Waals surface area contributed by atoms with Gasteiger partial charge in [0.25, 0.3) is 5.56 Å². The number of rotatable bonds is 7. The number of thiazole rings is 1. The van der Waals surface area contributed by atoms with Crippen LogP contribution in [0.4, 0.5) is 4.39 Å². The van der Waals surface area contributed by atoms with E-state index in [-0.39, 0.29) is 30.2 Å². The molecule has 7 rings (SSSR count). The van der Waals surface area contributed by atoms with Crippen molar-refractivity contribution in [1.82, 2.24) is 14.0 Å². The first kappa shape index (κ1) is 29.6. The number of halogens is 1. The van der Waals surface area contributed by atoms with E-state index in [4.69, 9.17) is 9.73 Å². The highest BCUT2D eigenvalue weighted by atomic mass is 32.1. The van der Waals surface area contributed by atoms with Crippen LogP contribution in [-0.2, 0) is 20.9 Å². The Kier molecular flexibility index (Phi) is 7.96. The van der Waals surface area contributed by atoms with Crippen LogP contribution in [0.25, 0.3) is 22.7 Å². The molecule has 0 bridgehead atoms. The molecule has 0 saturated carbocycles. The van der Waals surface area contributed by atoms with E-state index in [1.165, 1.54) is 28.0 Å². The summed E-state index contributed by atoms with van der Waals surface area (Å²) in [7, 11) is 0. The number of hydrogen-bond acceptors (Lipinski definition) is 6. The van der Waals surface area contributed by atoms with Gasteiger partial charge in [0.15, 0.2) is 4.80 Å². The minimum atomic E-state index is -0.896. The van der Waals surface area contributed by atoms with Crippen molar-refractivity contribution >= 4 is 45.9 Å². The van der Waals surface area contributed by atoms with Crippen molar-refractivity contribution < 1.29 is 18.7 Å². The number of carbonyl (C=O) groups is 2. The molecule has 3 aromatic carbocycles. The lowest BCUT2D eigenvalue weighted by Gasteiger charge is -2.25. The summed E-state index contributed by atoms with van der Waals surface area (Å²) in [5.74, 6) is -0.955. The van der Waals surface area contributed by atoms with Crippen molar-refractivity contribution in [3.63, 3.8) is 0 Å². The average Bonchev–Trinajstić information content (AvgIpc) is 3.81. The van der Waals surface area contributed by atoms with Crippen molar-refractivity contribution in [3.05, 3.63) is 133 Å². The van der Waals surface area contributed by atoms with Gasteiger partial charge in [0.2, 0.25) is 5.91 Å². The minimum Gasteiger partial charge on any atom is -0.463 e. The summed E-state index contributed by atoms with van der Waals surface area (Å²) in [5, 5.41) is 0.912. The molecule has 46 heavy (non-hydrogen) atoms. The molecule has 10 heteroatoms. The molecule has 1 saturated heterocycles. The lowest BCUT2D eigenvalue weighted by molar-refractivity contribution is -0.139. The largest absolute Gasteiger partial charge is 0.463 e. The fourth-order valence-electron chi connectivity index (χ4n) is 6.28. The summed E-state index contributed by atoms with van der Waals surface area (Å²) in [6.07, 6.45) is 5.77. The SMILES string of the molecule is CCOC(=O)C1=C(c2ccccc2)N=c2s/c(=C/c3cn(CC(=O)N4CCCC4)c4ccccc34)c(=O)n2[C@@H]1c1ccc(F)cc1. The Morgan fingerprint density at radius 3 is 2.46 bits per heavy atom. The summed E-state index contributed by atoms with van der Waals surface area (Å²) < 4.78 is 23.4. The van der Waals surface area contributed by atoms with E-state index < -0.39 is 17.8 Å². The van der Waals surface area contributed by atoms with Crippen LogP contribution >= 0.6 is 11.3 Å². The zero-order valence-corrected chi connectivity index (χ0v) is 26.0. The van der Waals surface area contributed by atoms with Crippen LogP contribution in [0.3, 0.4) is 0 Å². The number of hydrogen-bond donors (Lipinski definition) is 0. The molecule has 8 nitrogen and oxygen atoms in total. The highest BCUT2D eigenvalue weighted by Gasteiger charge is 2.35. The van der Waals surface area contributed by atoms with Crippen molar-refractivity contribution in [3.8, 4) is 0 Å². The Morgan fingerprint density at radius 1 is 1.00 bits per heavy atom. The van der Waals surface area contributed by atoms with Gasteiger partial charge in [0, 0.05) is 41.3 Å². The Hall–Kier alpha value is -5.09. The van der Waals surface area contributed by atoms with Gasteiger partial charge >= 0.3 is 5.97 Å². The zero-order chi connectivity index (χ0) is 31.8. The van der Waals surface area contributed by atoms with Gasteiger partial charge in [-0.25, -0.2) is 14.2 Å². The van der Waals surface area contributed by atoms with Gasteiger partial charge in [0.05, 0.1) is 28.5 Å². The van der Waals surface area contributed by atoms with E-state index in [2.05, 4.69) is 0 Å². The monoisotopic (exact) mass is 634 g/mol. The third kappa shape index (κ3) is 5.38. The maximum Gasteiger partial charge on any atom is 0.338 e. The molecular weight excluding hydrogens is 603 g/mol. The molecule has 0 N–H and O–H groups in total. The van der Waals surface area contributed by atoms with E-state index in [1.54, 1.807) is 19.1 Å². The second kappa shape index (κ2) is 12.4. The van der Waals surface area contributed by atoms with Crippen molar-refractivity contribution in [1.29, 1.82) is 0 Å². The number of nitrogens with zero attached hydrogens (tertiary/aromatic N) is 4. The molecule has 0 unspecified atom stereocenters. The molecule has 5 aromatic rings. The molecule has 0 aliphatic carbocycles. The minimum absolute atomic E-state index is 0.0726. The van der Waals surface area contributed by atoms with Crippen LogP contribution in [0, 0.1) is 5.82 Å². The Morgan fingerprint density at radius 2 is 1.72 bits per heavy atom. The molecule has 1 amide bonds. The fourth-order valence-corrected chi connectivity index (χ4v) is 7.27. The molecule has 0 radical (unpaired) electrons. The number of benzene rings is 3. The van der Waals surface area contributed by atoms with E-state index >= 15 is 0 Å². The standard InChI is InChI=1S/C36H31FN4O4S/c1-2-45-35(44)31-32(23-10-4-3-5-11-23)38-36-41(33(31)24-14-16-26(37)17-15-24)34(43)29(46-36)20-25-21-40(28-13-7-6-12-27(25)28)22-30(42)39-18-8-9-19-39/h3-7,10-17,20-21,33H,2,8-9,18-19,22H2,1H3/b29-20+/t33-/m1/s1. The van der Waals surface area contributed by atoms with Crippen LogP contribution in [0.1, 0.15) is 42.5 Å². The number of para-hydroxylation sites is 1. The van der Waals surface area contributed by atoms with E-state index in [0.717, 1.165) is 42.4 Å². The summed E-state index contributed by atoms with van der Waals surface area (Å²) in [6, 6.07) is 22.0. The van der Waals surface area contributed by atoms with E-state index in [9.17, 15) is 18.8 Å². The molecular formula is C36H31FN4O4S. The quantitative estimate of drug-likeness (QED) is 0.244. The molecule has 4 heterocycles. The first-order chi connectivity index (χ1) is 22.4. The summed E-state index contributed by atoms with van der Waals surface area (Å²) in [4.78, 5) is 48.1. The molecule has 2 aliphatic rings. The highest BCUT2D eigenvalue weighted by molar-refractivity contribution is 7.07. The summed E-state index contributed by atoms with van der Waals surface area (Å²) in [6.45, 7) is 3.62. The topological polar surface area (TPSA) is 85.9 Å². The third-order valence-corrected chi connectivity index (χ3v) is 9.41. The van der Waals surface area contributed by atoms with Gasteiger partial charge in [-0.15, -0.1) is 0 Å². The highest BCUT2D eigenvalue weighted by Crippen LogP contribution is 2.35. The van der Waals surface area contributed by atoms with Gasteiger partial charge in [0.1, 0.15) is 12.4 Å². The Labute approximate surface area is 268 Å². The van der Waals surface area contributed by atoms with E-state index in [0.29, 0.717) is 26.2 Å². The van der Waals surface area contributed by atoms with Crippen LogP contribution in [0.15, 0.2) is 100 Å². The molecule has 1 atom stereocenters. The summed E-state index contributed by atoms with van der Waals surface area (Å²) >= 11 is 1.22. The van der Waals surface area contributed by atoms with Crippen LogP contribution in [0.2, 0.25) is 0 Å². The smallest absolute Gasteiger partial charge is 0.338 e. The second-order valence-corrected chi connectivity index (χ2v) is 12.3. The molecule has 0 spiro atoms. The molecule has 1 fully saturated rings. The van der Waals surface area contributed by atoms with Crippen LogP contribution in [-0.4, -0.2) is 45.6 Å². The number of carbonyl (C=O) groups excluding carboxylic acids is 2. The number of fused-ring (bicyclic) bond motifs is 2. The van der Waals surface area contributed by atoms with Crippen molar-refractivity contribution in [2.45, 2.75) is 32.4 Å². The average molecular weight is 635 g/mol. The van der Waals surface area contributed by atoms with Gasteiger partial charge < -0.3 is 14.2 Å². The predicted octanol–water partition coefficient (Wildman–Crippen LogP) is 4.65. The van der Waals surface area contributed by atoms with Crippen LogP contribution in [0.5, 0.6) is 0 Å².